The Balaban J connectivity index is 0.000000695. The Morgan fingerprint density at radius 2 is 1.66 bits per heavy atom. The number of aromatic amines is 1. The second-order valence-electron chi connectivity index (χ2n) is 13.4. The third kappa shape index (κ3) is 8.00. The van der Waals surface area contributed by atoms with Gasteiger partial charge < -0.3 is 25.6 Å². The quantitative estimate of drug-likeness (QED) is 0.133. The molecule has 0 spiro atoms. The number of urea groups is 1. The molecule has 4 heterocycles. The minimum Gasteiger partial charge on any atom is -0.475 e. The minimum absolute atomic E-state index is 0.00617. The molecule has 5 aromatic rings. The predicted molar refractivity (Wildman–Crippen MR) is 197 cm³/mol. The van der Waals surface area contributed by atoms with Crippen molar-refractivity contribution in [2.45, 2.75) is 58.4 Å². The number of halogens is 6. The third-order valence-electron chi connectivity index (χ3n) is 9.17. The lowest BCUT2D eigenvalue weighted by Gasteiger charge is -2.35. The van der Waals surface area contributed by atoms with Crippen molar-refractivity contribution in [1.29, 1.82) is 0 Å². The number of nitrogens with one attached hydrogen (secondary N) is 3. The molecule has 0 bridgehead atoms. The minimum atomic E-state index is -5.08. The summed E-state index contributed by atoms with van der Waals surface area (Å²) in [5.74, 6) is -4.60. The Morgan fingerprint density at radius 1 is 1.00 bits per heavy atom. The summed E-state index contributed by atoms with van der Waals surface area (Å²) in [6.07, 6.45) is -3.94. The molecule has 13 nitrogen and oxygen atoms in total. The molecule has 19 heteroatoms. The number of carbonyl (C=O) groups is 3. The highest BCUT2D eigenvalue weighted by Crippen LogP contribution is 2.40. The average molecular weight is 801 g/mol. The van der Waals surface area contributed by atoms with Gasteiger partial charge in [0.1, 0.15) is 17.3 Å². The van der Waals surface area contributed by atoms with Crippen LogP contribution in [0, 0.1) is 18.6 Å². The van der Waals surface area contributed by atoms with Gasteiger partial charge in [0.15, 0.2) is 5.82 Å². The second-order valence-corrected chi connectivity index (χ2v) is 13.8. The summed E-state index contributed by atoms with van der Waals surface area (Å²) in [5.41, 5.74) is 3.30. The number of H-pyrrole nitrogens is 1. The highest BCUT2D eigenvalue weighted by molar-refractivity contribution is 6.31. The van der Waals surface area contributed by atoms with Crippen LogP contribution < -0.4 is 26.1 Å². The standard InChI is InChI=1S/C35H33ClF2N8O3.C2HF3O2/c1-18(2)40-32(47)20-8-7-19(3)23(15-20)29-24-17-39-34(48)46(30-25(37)5-4-6-26(30)38)31(24)43-33(42-29)44-13-11-22(12-14-44)45-28-10-9-21(36)16-27(28)41-35(45)49;3-2(4,5)1(6)7/h4-10,15-16,18,22H,11-14,17H2,1-3H3,(H,39,48)(H,40,47)(H,41,49);(H,6,7). The number of rotatable bonds is 6. The summed E-state index contributed by atoms with van der Waals surface area (Å²) < 4.78 is 64.0. The summed E-state index contributed by atoms with van der Waals surface area (Å²) in [5, 5.41) is 13.3. The van der Waals surface area contributed by atoms with Gasteiger partial charge in [0.25, 0.3) is 5.91 Å². The van der Waals surface area contributed by atoms with Gasteiger partial charge in [-0.2, -0.15) is 18.2 Å². The van der Waals surface area contributed by atoms with Crippen LogP contribution in [-0.4, -0.2) is 67.8 Å². The van der Waals surface area contributed by atoms with Gasteiger partial charge in [-0.25, -0.2) is 33.0 Å². The van der Waals surface area contributed by atoms with Crippen LogP contribution in [0.25, 0.3) is 22.3 Å². The van der Waals surface area contributed by atoms with Gasteiger partial charge in [0.05, 0.1) is 23.3 Å². The van der Waals surface area contributed by atoms with Gasteiger partial charge in [-0.3, -0.25) is 9.36 Å². The number of aromatic nitrogens is 4. The van der Waals surface area contributed by atoms with Crippen LogP contribution in [0.15, 0.2) is 59.4 Å². The number of nitrogens with zero attached hydrogens (tertiary/aromatic N) is 5. The van der Waals surface area contributed by atoms with Crippen LogP contribution in [0.1, 0.15) is 54.2 Å². The summed E-state index contributed by atoms with van der Waals surface area (Å²) >= 11 is 6.15. The van der Waals surface area contributed by atoms with E-state index in [0.717, 1.165) is 28.1 Å². The number of amides is 3. The van der Waals surface area contributed by atoms with Crippen molar-refractivity contribution in [3.8, 4) is 11.3 Å². The SMILES string of the molecule is Cc1ccc(C(=O)NC(C)C)cc1-c1nc(N2CCC(n3c(=O)[nH]c4cc(Cl)ccc43)CC2)nc2c1CNC(=O)N2c1c(F)cccc1F.O=C(O)C(F)(F)F. The lowest BCUT2D eigenvalue weighted by molar-refractivity contribution is -0.192. The first-order valence-corrected chi connectivity index (χ1v) is 17.6. The first kappa shape index (κ1) is 39.6. The molecule has 7 rings (SSSR count). The maximum absolute atomic E-state index is 15.2. The van der Waals surface area contributed by atoms with E-state index in [1.165, 1.54) is 6.07 Å². The third-order valence-corrected chi connectivity index (χ3v) is 9.41. The fourth-order valence-electron chi connectivity index (χ4n) is 6.58. The molecule has 1 saturated heterocycles. The first-order valence-electron chi connectivity index (χ1n) is 17.2. The number of aryl methyl sites for hydroxylation is 1. The molecule has 56 heavy (non-hydrogen) atoms. The van der Waals surface area contributed by atoms with Gasteiger partial charge >= 0.3 is 23.9 Å². The molecule has 0 saturated carbocycles. The molecule has 1 fully saturated rings. The number of hydrogen-bond acceptors (Lipinski definition) is 7. The lowest BCUT2D eigenvalue weighted by Crippen LogP contribution is -2.44. The van der Waals surface area contributed by atoms with E-state index in [1.54, 1.807) is 28.8 Å². The Hall–Kier alpha value is -6.04. The smallest absolute Gasteiger partial charge is 0.475 e. The Kier molecular flexibility index (Phi) is 11.0. The number of alkyl halides is 3. The Bertz CT molecular complexity index is 2390. The first-order chi connectivity index (χ1) is 26.4. The molecule has 0 aliphatic carbocycles. The van der Waals surface area contributed by atoms with E-state index < -0.39 is 35.5 Å². The number of hydrogen-bond donors (Lipinski definition) is 4. The van der Waals surface area contributed by atoms with E-state index in [2.05, 4.69) is 15.6 Å². The highest BCUT2D eigenvalue weighted by Gasteiger charge is 2.38. The number of carboxylic acids is 1. The van der Waals surface area contributed by atoms with Gasteiger partial charge in [0.2, 0.25) is 5.95 Å². The molecule has 0 atom stereocenters. The predicted octanol–water partition coefficient (Wildman–Crippen LogP) is 7.00. The van der Waals surface area contributed by atoms with E-state index >= 15 is 8.78 Å². The number of carbonyl (C=O) groups excluding carboxylic acids is 2. The van der Waals surface area contributed by atoms with Crippen LogP contribution in [0.5, 0.6) is 0 Å². The van der Waals surface area contributed by atoms with Gasteiger partial charge in [0, 0.05) is 46.9 Å². The summed E-state index contributed by atoms with van der Waals surface area (Å²) in [7, 11) is 0. The largest absolute Gasteiger partial charge is 0.490 e. The Morgan fingerprint density at radius 3 is 2.29 bits per heavy atom. The molecule has 4 N–H and O–H groups in total. The van der Waals surface area contributed by atoms with Crippen molar-refractivity contribution in [1.82, 2.24) is 30.2 Å². The number of para-hydroxylation sites is 1. The van der Waals surface area contributed by atoms with Crippen LogP contribution >= 0.6 is 11.6 Å². The molecule has 2 aromatic heterocycles. The zero-order valence-electron chi connectivity index (χ0n) is 30.0. The number of aliphatic carboxylic acids is 1. The summed E-state index contributed by atoms with van der Waals surface area (Å²) in [6.45, 7) is 6.51. The van der Waals surface area contributed by atoms with Crippen molar-refractivity contribution >= 4 is 58.0 Å². The van der Waals surface area contributed by atoms with E-state index in [4.69, 9.17) is 31.5 Å². The molecule has 0 radical (unpaired) electrons. The number of imidazole rings is 1. The molecule has 3 aromatic carbocycles. The Labute approximate surface area is 320 Å². The topological polar surface area (TPSA) is 166 Å². The molecule has 2 aliphatic heterocycles. The van der Waals surface area contributed by atoms with Crippen LogP contribution in [-0.2, 0) is 11.3 Å². The lowest BCUT2D eigenvalue weighted by atomic mass is 9.97. The van der Waals surface area contributed by atoms with Gasteiger partial charge in [-0.1, -0.05) is 23.7 Å². The maximum Gasteiger partial charge on any atom is 0.490 e. The number of benzene rings is 3. The zero-order chi connectivity index (χ0) is 40.6. The molecular formula is C37H34ClF5N8O5. The van der Waals surface area contributed by atoms with Crippen molar-refractivity contribution < 1.29 is 41.4 Å². The highest BCUT2D eigenvalue weighted by atomic mass is 35.5. The normalized spacial score (nSPS) is 14.6. The monoisotopic (exact) mass is 800 g/mol. The molecular weight excluding hydrogens is 767 g/mol. The van der Waals surface area contributed by atoms with Crippen LogP contribution in [0.4, 0.5) is 44.2 Å². The number of fused-ring (bicyclic) bond motifs is 2. The van der Waals surface area contributed by atoms with Crippen molar-refractivity contribution in [3.05, 3.63) is 98.4 Å². The number of piperidine rings is 1. The van der Waals surface area contributed by atoms with Crippen molar-refractivity contribution in [2.75, 3.05) is 22.9 Å². The second kappa shape index (κ2) is 15.6. The number of carboxylic acid groups (broad SMARTS) is 1. The molecule has 2 aliphatic rings. The summed E-state index contributed by atoms with van der Waals surface area (Å²) in [4.78, 5) is 63.8. The summed E-state index contributed by atoms with van der Waals surface area (Å²) in [6, 6.07) is 13.0. The van der Waals surface area contributed by atoms with Crippen LogP contribution in [0.2, 0.25) is 5.02 Å². The molecule has 294 valence electrons. The number of anilines is 3. The zero-order valence-corrected chi connectivity index (χ0v) is 30.7. The van der Waals surface area contributed by atoms with E-state index in [1.807, 2.05) is 37.8 Å². The average Bonchev–Trinajstić information content (AvgIpc) is 3.46. The molecule has 3 amide bonds. The molecule has 0 unspecified atom stereocenters. The van der Waals surface area contributed by atoms with Gasteiger partial charge in [-0.05, 0) is 81.6 Å². The van der Waals surface area contributed by atoms with E-state index in [9.17, 15) is 27.6 Å². The fraction of sp³-hybridized carbons (Fsp3) is 0.297. The van der Waals surface area contributed by atoms with Crippen LogP contribution in [0.3, 0.4) is 0 Å². The maximum atomic E-state index is 15.2. The fourth-order valence-corrected chi connectivity index (χ4v) is 6.75. The van der Waals surface area contributed by atoms with Gasteiger partial charge in [-0.15, -0.1) is 0 Å². The van der Waals surface area contributed by atoms with Crippen molar-refractivity contribution in [3.63, 3.8) is 0 Å². The van der Waals surface area contributed by atoms with E-state index in [-0.39, 0.29) is 42.0 Å². The van der Waals surface area contributed by atoms with E-state index in [0.29, 0.717) is 58.9 Å². The van der Waals surface area contributed by atoms with Crippen molar-refractivity contribution in [2.24, 2.45) is 0 Å².